The second-order valence-electron chi connectivity index (χ2n) is 5.00. The van der Waals surface area contributed by atoms with E-state index in [1.165, 1.54) is 0 Å². The highest BCUT2D eigenvalue weighted by Gasteiger charge is 2.08. The largest absolute Gasteiger partial charge is 0.313 e. The van der Waals surface area contributed by atoms with Crippen molar-refractivity contribution in [1.82, 2.24) is 14.9 Å². The zero-order valence-electron chi connectivity index (χ0n) is 12.1. The van der Waals surface area contributed by atoms with Gasteiger partial charge in [0.05, 0.1) is 11.0 Å². The molecule has 0 spiro atoms. The zero-order chi connectivity index (χ0) is 14.5. The van der Waals surface area contributed by atoms with Crippen molar-refractivity contribution in [3.05, 3.63) is 52.5 Å². The summed E-state index contributed by atoms with van der Waals surface area (Å²) in [7, 11) is 0. The van der Waals surface area contributed by atoms with Crippen molar-refractivity contribution >= 4 is 11.0 Å². The first-order valence-electron chi connectivity index (χ1n) is 6.97. The molecule has 1 aromatic heterocycles. The van der Waals surface area contributed by atoms with Crippen molar-refractivity contribution < 1.29 is 0 Å². The molecule has 0 radical (unpaired) electrons. The van der Waals surface area contributed by atoms with Gasteiger partial charge in [0.1, 0.15) is 5.69 Å². The van der Waals surface area contributed by atoms with Gasteiger partial charge in [-0.3, -0.25) is 4.79 Å². The SMILES string of the molecule is C=C(CNCCC)Cn1c(=O)c(C)nc2ccccc21. The van der Waals surface area contributed by atoms with Gasteiger partial charge in [-0.1, -0.05) is 25.6 Å². The second-order valence-corrected chi connectivity index (χ2v) is 5.00. The lowest BCUT2D eigenvalue weighted by Crippen LogP contribution is -2.27. The standard InChI is InChI=1S/C16H21N3O/c1-4-9-17-10-12(2)11-19-15-8-6-5-7-14(15)18-13(3)16(19)20/h5-8,17H,2,4,9-11H2,1,3H3. The van der Waals surface area contributed by atoms with Gasteiger partial charge in [0, 0.05) is 13.1 Å². The molecule has 106 valence electrons. The van der Waals surface area contributed by atoms with E-state index < -0.39 is 0 Å². The van der Waals surface area contributed by atoms with Crippen molar-refractivity contribution in [2.75, 3.05) is 13.1 Å². The van der Waals surface area contributed by atoms with Crippen LogP contribution in [0.2, 0.25) is 0 Å². The molecule has 1 aromatic carbocycles. The lowest BCUT2D eigenvalue weighted by atomic mass is 10.2. The molecule has 1 heterocycles. The first-order valence-corrected chi connectivity index (χ1v) is 6.97. The van der Waals surface area contributed by atoms with Crippen LogP contribution in [0.25, 0.3) is 11.0 Å². The quantitative estimate of drug-likeness (QED) is 0.647. The molecule has 0 bridgehead atoms. The van der Waals surface area contributed by atoms with Crippen LogP contribution >= 0.6 is 0 Å². The van der Waals surface area contributed by atoms with Gasteiger partial charge < -0.3 is 9.88 Å². The Morgan fingerprint density at radius 1 is 1.40 bits per heavy atom. The van der Waals surface area contributed by atoms with Gasteiger partial charge in [0.15, 0.2) is 0 Å². The molecule has 0 unspecified atom stereocenters. The molecule has 0 aliphatic heterocycles. The predicted molar refractivity (Wildman–Crippen MR) is 83.0 cm³/mol. The van der Waals surface area contributed by atoms with Crippen LogP contribution in [0.5, 0.6) is 0 Å². The summed E-state index contributed by atoms with van der Waals surface area (Å²) in [6, 6.07) is 7.71. The number of nitrogens with zero attached hydrogens (tertiary/aromatic N) is 2. The molecular formula is C16H21N3O. The number of aryl methyl sites for hydroxylation is 1. The van der Waals surface area contributed by atoms with E-state index in [-0.39, 0.29) is 5.56 Å². The second kappa shape index (κ2) is 6.48. The number of hydrogen-bond donors (Lipinski definition) is 1. The molecule has 0 atom stereocenters. The Morgan fingerprint density at radius 2 is 2.15 bits per heavy atom. The third-order valence-corrected chi connectivity index (χ3v) is 3.20. The number of para-hydroxylation sites is 2. The summed E-state index contributed by atoms with van der Waals surface area (Å²) < 4.78 is 1.76. The van der Waals surface area contributed by atoms with Gasteiger partial charge >= 0.3 is 0 Å². The fourth-order valence-electron chi connectivity index (χ4n) is 2.20. The summed E-state index contributed by atoms with van der Waals surface area (Å²) in [5, 5.41) is 3.31. The van der Waals surface area contributed by atoms with Gasteiger partial charge in [0.2, 0.25) is 0 Å². The average molecular weight is 271 g/mol. The molecule has 2 rings (SSSR count). The normalized spacial score (nSPS) is 10.9. The minimum Gasteiger partial charge on any atom is -0.313 e. The number of fused-ring (bicyclic) bond motifs is 1. The van der Waals surface area contributed by atoms with Crippen LogP contribution in [0.15, 0.2) is 41.2 Å². The van der Waals surface area contributed by atoms with E-state index in [1.807, 2.05) is 24.3 Å². The Balaban J connectivity index is 2.31. The third-order valence-electron chi connectivity index (χ3n) is 3.20. The van der Waals surface area contributed by atoms with Gasteiger partial charge in [-0.25, -0.2) is 4.98 Å². The van der Waals surface area contributed by atoms with Crippen LogP contribution in [0.1, 0.15) is 19.0 Å². The van der Waals surface area contributed by atoms with Gasteiger partial charge in [-0.15, -0.1) is 0 Å². The Kier molecular flexibility index (Phi) is 4.69. The molecule has 20 heavy (non-hydrogen) atoms. The molecule has 1 N–H and O–H groups in total. The van der Waals surface area contributed by atoms with Crippen molar-refractivity contribution in [2.45, 2.75) is 26.8 Å². The molecule has 2 aromatic rings. The van der Waals surface area contributed by atoms with E-state index in [9.17, 15) is 4.79 Å². The number of rotatable bonds is 6. The summed E-state index contributed by atoms with van der Waals surface area (Å²) in [5.74, 6) is 0. The van der Waals surface area contributed by atoms with Crippen LogP contribution in [-0.2, 0) is 6.54 Å². The molecule has 4 heteroatoms. The topological polar surface area (TPSA) is 46.9 Å². The van der Waals surface area contributed by atoms with Gasteiger partial charge in [-0.05, 0) is 37.6 Å². The van der Waals surface area contributed by atoms with Crippen LogP contribution in [0.4, 0.5) is 0 Å². The smallest absolute Gasteiger partial charge is 0.272 e. The highest BCUT2D eigenvalue weighted by molar-refractivity contribution is 5.74. The summed E-state index contributed by atoms with van der Waals surface area (Å²) >= 11 is 0. The summed E-state index contributed by atoms with van der Waals surface area (Å²) in [6.45, 7) is 10.2. The number of nitrogens with one attached hydrogen (secondary N) is 1. The van der Waals surface area contributed by atoms with Crippen LogP contribution in [0.3, 0.4) is 0 Å². The van der Waals surface area contributed by atoms with Gasteiger partial charge in [0.25, 0.3) is 5.56 Å². The van der Waals surface area contributed by atoms with Crippen LogP contribution in [0, 0.1) is 6.92 Å². The minimum atomic E-state index is -0.0414. The molecule has 0 amide bonds. The Hall–Kier alpha value is -1.94. The summed E-state index contributed by atoms with van der Waals surface area (Å²) in [4.78, 5) is 16.6. The van der Waals surface area contributed by atoms with E-state index in [2.05, 4.69) is 23.8 Å². The van der Waals surface area contributed by atoms with Gasteiger partial charge in [-0.2, -0.15) is 0 Å². The first-order chi connectivity index (χ1) is 9.63. The van der Waals surface area contributed by atoms with E-state index in [4.69, 9.17) is 0 Å². The Bertz CT molecular complexity index is 673. The van der Waals surface area contributed by atoms with Crippen molar-refractivity contribution in [3.63, 3.8) is 0 Å². The molecule has 0 aliphatic carbocycles. The fraction of sp³-hybridized carbons (Fsp3) is 0.375. The Morgan fingerprint density at radius 3 is 2.90 bits per heavy atom. The minimum absolute atomic E-state index is 0.0414. The molecule has 0 saturated heterocycles. The molecule has 4 nitrogen and oxygen atoms in total. The zero-order valence-corrected chi connectivity index (χ0v) is 12.1. The highest BCUT2D eigenvalue weighted by Crippen LogP contribution is 2.10. The van der Waals surface area contributed by atoms with Crippen molar-refractivity contribution in [1.29, 1.82) is 0 Å². The van der Waals surface area contributed by atoms with E-state index >= 15 is 0 Å². The number of benzene rings is 1. The summed E-state index contributed by atoms with van der Waals surface area (Å²) in [5.41, 5.74) is 3.19. The molecular weight excluding hydrogens is 250 g/mol. The maximum Gasteiger partial charge on any atom is 0.272 e. The molecule has 0 fully saturated rings. The predicted octanol–water partition coefficient (Wildman–Crippen LogP) is 2.26. The van der Waals surface area contributed by atoms with Crippen LogP contribution < -0.4 is 10.9 Å². The van der Waals surface area contributed by atoms with Crippen LogP contribution in [-0.4, -0.2) is 22.6 Å². The lowest BCUT2D eigenvalue weighted by molar-refractivity contribution is 0.671. The van der Waals surface area contributed by atoms with E-state index in [0.717, 1.165) is 36.1 Å². The number of hydrogen-bond acceptors (Lipinski definition) is 3. The molecule has 0 saturated carbocycles. The maximum atomic E-state index is 12.3. The summed E-state index contributed by atoms with van der Waals surface area (Å²) in [6.07, 6.45) is 1.09. The van der Waals surface area contributed by atoms with E-state index in [1.54, 1.807) is 11.5 Å². The molecule has 0 aliphatic rings. The maximum absolute atomic E-state index is 12.3. The average Bonchev–Trinajstić information content (AvgIpc) is 2.44. The van der Waals surface area contributed by atoms with Crippen molar-refractivity contribution in [3.8, 4) is 0 Å². The lowest BCUT2D eigenvalue weighted by Gasteiger charge is -2.13. The Labute approximate surface area is 119 Å². The van der Waals surface area contributed by atoms with Crippen molar-refractivity contribution in [2.24, 2.45) is 0 Å². The third kappa shape index (κ3) is 3.14. The van der Waals surface area contributed by atoms with E-state index in [0.29, 0.717) is 12.2 Å². The first kappa shape index (κ1) is 14.5. The highest BCUT2D eigenvalue weighted by atomic mass is 16.1. The fourth-order valence-corrected chi connectivity index (χ4v) is 2.20. The monoisotopic (exact) mass is 271 g/mol. The number of aromatic nitrogens is 2.